The minimum Gasteiger partial charge on any atom is -0.394 e. The normalized spacial score (nSPS) is 40.4. The van der Waals surface area contributed by atoms with Gasteiger partial charge in [-0.25, -0.2) is 4.98 Å². The predicted octanol–water partition coefficient (Wildman–Crippen LogP) is 1.04. The first kappa shape index (κ1) is 20.6. The van der Waals surface area contributed by atoms with Crippen LogP contribution in [-0.4, -0.2) is 66.3 Å². The van der Waals surface area contributed by atoms with Crippen LogP contribution in [0.3, 0.4) is 0 Å². The SMILES string of the molecule is Nc1nc(NCCC23CC4CC(CC(C4)C2)C3)nc2c1ncn2[C@@H]1O[C@H](CO)C(O)C1O. The maximum absolute atomic E-state index is 10.4. The summed E-state index contributed by atoms with van der Waals surface area (Å²) >= 11 is 0. The van der Waals surface area contributed by atoms with E-state index in [9.17, 15) is 15.3 Å². The molecule has 7 rings (SSSR count). The number of hydrogen-bond acceptors (Lipinski definition) is 9. The summed E-state index contributed by atoms with van der Waals surface area (Å²) in [5.41, 5.74) is 7.44. The quantitative estimate of drug-likeness (QED) is 0.440. The van der Waals surface area contributed by atoms with Gasteiger partial charge in [0.2, 0.25) is 5.95 Å². The number of aromatic nitrogens is 4. The molecule has 0 radical (unpaired) electrons. The van der Waals surface area contributed by atoms with Crippen molar-refractivity contribution in [3.8, 4) is 0 Å². The third-order valence-corrected chi connectivity index (χ3v) is 8.34. The zero-order valence-electron chi connectivity index (χ0n) is 18.1. The number of hydrogen-bond donors (Lipinski definition) is 5. The lowest BCUT2D eigenvalue weighted by molar-refractivity contribution is -0.0552. The lowest BCUT2D eigenvalue weighted by atomic mass is 9.49. The van der Waals surface area contributed by atoms with Crippen LogP contribution in [0.15, 0.2) is 6.33 Å². The number of rotatable bonds is 6. The van der Waals surface area contributed by atoms with Crippen molar-refractivity contribution in [2.45, 2.75) is 69.5 Å². The number of imidazole rings is 1. The maximum atomic E-state index is 10.4. The van der Waals surface area contributed by atoms with Crippen molar-refractivity contribution >= 4 is 22.9 Å². The van der Waals surface area contributed by atoms with E-state index in [0.29, 0.717) is 22.5 Å². The Morgan fingerprint density at radius 3 is 2.41 bits per heavy atom. The van der Waals surface area contributed by atoms with E-state index in [1.807, 2.05) is 0 Å². The molecule has 10 nitrogen and oxygen atoms in total. The van der Waals surface area contributed by atoms with Gasteiger partial charge in [0.15, 0.2) is 17.7 Å². The molecule has 1 saturated heterocycles. The molecule has 32 heavy (non-hydrogen) atoms. The van der Waals surface area contributed by atoms with Gasteiger partial charge >= 0.3 is 0 Å². The molecule has 3 heterocycles. The number of nitrogens with one attached hydrogen (secondary N) is 1. The molecule has 5 fully saturated rings. The van der Waals surface area contributed by atoms with Crippen molar-refractivity contribution in [1.29, 1.82) is 0 Å². The fourth-order valence-electron chi connectivity index (χ4n) is 7.35. The first-order valence-corrected chi connectivity index (χ1v) is 11.8. The molecule has 2 aromatic rings. The summed E-state index contributed by atoms with van der Waals surface area (Å²) in [5.74, 6) is 3.45. The van der Waals surface area contributed by atoms with Gasteiger partial charge in [-0.1, -0.05) is 0 Å². The Bertz CT molecular complexity index is 976. The summed E-state index contributed by atoms with van der Waals surface area (Å²) in [5, 5.41) is 33.2. The molecule has 4 aliphatic carbocycles. The number of nitrogen functional groups attached to an aromatic ring is 1. The molecule has 0 aromatic carbocycles. The lowest BCUT2D eigenvalue weighted by Crippen LogP contribution is -2.46. The summed E-state index contributed by atoms with van der Waals surface area (Å²) in [6.45, 7) is 0.398. The zero-order chi connectivity index (χ0) is 22.0. The van der Waals surface area contributed by atoms with Crippen molar-refractivity contribution in [3.05, 3.63) is 6.33 Å². The van der Waals surface area contributed by atoms with E-state index in [1.165, 1.54) is 44.9 Å². The summed E-state index contributed by atoms with van der Waals surface area (Å²) in [6, 6.07) is 0. The highest BCUT2D eigenvalue weighted by Gasteiger charge is 2.50. The van der Waals surface area contributed by atoms with Crippen molar-refractivity contribution < 1.29 is 20.1 Å². The van der Waals surface area contributed by atoms with E-state index in [0.717, 1.165) is 30.7 Å². The molecule has 10 heteroatoms. The van der Waals surface area contributed by atoms with Crippen molar-refractivity contribution in [3.63, 3.8) is 0 Å². The monoisotopic (exact) mass is 444 g/mol. The van der Waals surface area contributed by atoms with E-state index < -0.39 is 31.1 Å². The molecule has 0 amide bonds. The van der Waals surface area contributed by atoms with Crippen LogP contribution in [0.5, 0.6) is 0 Å². The van der Waals surface area contributed by atoms with Crippen LogP contribution in [0.25, 0.3) is 11.2 Å². The largest absolute Gasteiger partial charge is 0.394 e. The first-order chi connectivity index (χ1) is 15.4. The van der Waals surface area contributed by atoms with Gasteiger partial charge in [-0.15, -0.1) is 0 Å². The Labute approximate surface area is 186 Å². The van der Waals surface area contributed by atoms with Gasteiger partial charge in [0.05, 0.1) is 12.9 Å². The van der Waals surface area contributed by atoms with E-state index >= 15 is 0 Å². The number of fused-ring (bicyclic) bond motifs is 1. The zero-order valence-corrected chi connectivity index (χ0v) is 18.1. The van der Waals surface area contributed by atoms with Crippen LogP contribution in [0, 0.1) is 23.2 Å². The maximum Gasteiger partial charge on any atom is 0.226 e. The average molecular weight is 445 g/mol. The average Bonchev–Trinajstić information content (AvgIpc) is 3.28. The third-order valence-electron chi connectivity index (χ3n) is 8.34. The number of ether oxygens (including phenoxy) is 1. The Hall–Kier alpha value is -2.01. The fraction of sp³-hybridized carbons (Fsp3) is 0.773. The van der Waals surface area contributed by atoms with E-state index in [2.05, 4.69) is 20.3 Å². The number of anilines is 2. The number of nitrogens with zero attached hydrogens (tertiary/aromatic N) is 4. The highest BCUT2D eigenvalue weighted by molar-refractivity contribution is 5.83. The minimum absolute atomic E-state index is 0.248. The van der Waals surface area contributed by atoms with E-state index in [-0.39, 0.29) is 5.82 Å². The number of aliphatic hydroxyl groups is 3. The highest BCUT2D eigenvalue weighted by Crippen LogP contribution is 2.61. The Balaban J connectivity index is 1.19. The van der Waals surface area contributed by atoms with E-state index in [1.54, 1.807) is 4.57 Å². The third kappa shape index (κ3) is 3.27. The molecule has 4 saturated carbocycles. The standard InChI is InChI=1S/C22H32N6O4/c23-18-15-19(28(10-25-15)20-17(31)16(30)14(9-29)32-20)27-21(26-18)24-2-1-22-6-11-3-12(7-22)5-13(4-11)8-22/h10-14,16-17,20,29-31H,1-9H2,(H3,23,24,26,27)/t11?,12?,13?,14-,16?,17?,20-,22?/m1/s1. The van der Waals surface area contributed by atoms with Crippen LogP contribution >= 0.6 is 0 Å². The van der Waals surface area contributed by atoms with Gasteiger partial charge in [0.25, 0.3) is 0 Å². The van der Waals surface area contributed by atoms with E-state index in [4.69, 9.17) is 10.5 Å². The van der Waals surface area contributed by atoms with Gasteiger partial charge in [-0.2, -0.15) is 9.97 Å². The van der Waals surface area contributed by atoms with Gasteiger partial charge in [0.1, 0.15) is 23.8 Å². The van der Waals surface area contributed by atoms with Gasteiger partial charge in [-0.05, 0) is 68.1 Å². The van der Waals surface area contributed by atoms with Crippen molar-refractivity contribution in [2.24, 2.45) is 23.2 Å². The number of nitrogens with two attached hydrogens (primary N) is 1. The van der Waals surface area contributed by atoms with Crippen LogP contribution < -0.4 is 11.1 Å². The Kier molecular flexibility index (Phi) is 4.83. The minimum atomic E-state index is -1.21. The highest BCUT2D eigenvalue weighted by atomic mass is 16.6. The summed E-state index contributed by atoms with van der Waals surface area (Å²) in [4.78, 5) is 13.2. The summed E-state index contributed by atoms with van der Waals surface area (Å²) in [7, 11) is 0. The predicted molar refractivity (Wildman–Crippen MR) is 116 cm³/mol. The van der Waals surface area contributed by atoms with Gasteiger partial charge in [-0.3, -0.25) is 4.57 Å². The second-order valence-corrected chi connectivity index (χ2v) is 10.6. The van der Waals surface area contributed by atoms with Crippen LogP contribution in [0.4, 0.5) is 11.8 Å². The second kappa shape index (κ2) is 7.51. The Morgan fingerprint density at radius 2 is 1.78 bits per heavy atom. The molecule has 4 atom stereocenters. The molecule has 6 N–H and O–H groups in total. The molecule has 1 aliphatic heterocycles. The smallest absolute Gasteiger partial charge is 0.226 e. The molecule has 174 valence electrons. The summed E-state index contributed by atoms with van der Waals surface area (Å²) < 4.78 is 7.18. The van der Waals surface area contributed by atoms with Crippen molar-refractivity contribution in [2.75, 3.05) is 24.2 Å². The molecule has 2 aromatic heterocycles. The molecular weight excluding hydrogens is 412 g/mol. The topological polar surface area (TPSA) is 152 Å². The van der Waals surface area contributed by atoms with Crippen LogP contribution in [-0.2, 0) is 4.74 Å². The molecule has 4 bridgehead atoms. The second-order valence-electron chi connectivity index (χ2n) is 10.6. The molecular formula is C22H32N6O4. The first-order valence-electron chi connectivity index (χ1n) is 11.8. The molecule has 2 unspecified atom stereocenters. The Morgan fingerprint density at radius 1 is 1.09 bits per heavy atom. The van der Waals surface area contributed by atoms with Gasteiger partial charge < -0.3 is 31.1 Å². The van der Waals surface area contributed by atoms with Crippen molar-refractivity contribution in [1.82, 2.24) is 19.5 Å². The fourth-order valence-corrected chi connectivity index (χ4v) is 7.35. The van der Waals surface area contributed by atoms with Crippen LogP contribution in [0.1, 0.15) is 51.2 Å². The lowest BCUT2D eigenvalue weighted by Gasteiger charge is -2.57. The van der Waals surface area contributed by atoms with Crippen LogP contribution in [0.2, 0.25) is 0 Å². The van der Waals surface area contributed by atoms with Gasteiger partial charge in [0, 0.05) is 6.54 Å². The molecule has 0 spiro atoms. The number of aliphatic hydroxyl groups excluding tert-OH is 3. The summed E-state index contributed by atoms with van der Waals surface area (Å²) in [6.07, 6.45) is 6.79. The molecule has 5 aliphatic rings.